The predicted octanol–water partition coefficient (Wildman–Crippen LogP) is 3.57. The summed E-state index contributed by atoms with van der Waals surface area (Å²) < 4.78 is 41.5. The lowest BCUT2D eigenvalue weighted by atomic mass is 10.2. The maximum Gasteiger partial charge on any atom is 0.573 e. The Kier molecular flexibility index (Phi) is 3.99. The maximum absolute atomic E-state index is 12.0. The quantitative estimate of drug-likeness (QED) is 0.805. The number of hydrogen-bond acceptors (Lipinski definition) is 2. The third kappa shape index (κ3) is 4.17. The van der Waals surface area contributed by atoms with Gasteiger partial charge in [0.2, 0.25) is 0 Å². The first-order valence-corrected chi connectivity index (χ1v) is 5.91. The third-order valence-corrected chi connectivity index (χ3v) is 2.62. The molecule has 0 bridgehead atoms. The van der Waals surface area contributed by atoms with Gasteiger partial charge in [-0.15, -0.1) is 24.8 Å². The fourth-order valence-electron chi connectivity index (χ4n) is 1.57. The van der Waals surface area contributed by atoms with Gasteiger partial charge in [0.25, 0.3) is 0 Å². The minimum atomic E-state index is -4.67. The first kappa shape index (κ1) is 13.7. The molecule has 0 saturated carbocycles. The summed E-state index contributed by atoms with van der Waals surface area (Å²) in [5.41, 5.74) is 1.59. The monoisotopic (exact) mass is 290 g/mol. The van der Waals surface area contributed by atoms with E-state index in [1.807, 2.05) is 0 Å². The van der Waals surface area contributed by atoms with E-state index in [2.05, 4.69) is 9.72 Å². The van der Waals surface area contributed by atoms with Crippen LogP contribution in [0.25, 0.3) is 0 Å². The third-order valence-electron chi connectivity index (χ3n) is 2.35. The molecule has 0 radical (unpaired) electrons. The Morgan fingerprint density at radius 1 is 1.21 bits per heavy atom. The molecule has 19 heavy (non-hydrogen) atoms. The summed E-state index contributed by atoms with van der Waals surface area (Å²) in [5.74, 6) is 0.0917. The minimum Gasteiger partial charge on any atom is -0.406 e. The zero-order chi connectivity index (χ0) is 13.9. The molecule has 0 N–H and O–H groups in total. The Morgan fingerprint density at radius 2 is 1.89 bits per heavy atom. The van der Waals surface area contributed by atoms with Gasteiger partial charge < -0.3 is 9.30 Å². The summed E-state index contributed by atoms with van der Waals surface area (Å²) in [6.07, 6.45) is -1.26. The Balaban J connectivity index is 2.02. The van der Waals surface area contributed by atoms with Crippen molar-refractivity contribution in [2.45, 2.75) is 18.8 Å². The van der Waals surface area contributed by atoms with Crippen LogP contribution >= 0.6 is 11.6 Å². The van der Waals surface area contributed by atoms with Crippen molar-refractivity contribution >= 4 is 11.6 Å². The Morgan fingerprint density at radius 3 is 2.42 bits per heavy atom. The van der Waals surface area contributed by atoms with E-state index in [4.69, 9.17) is 11.6 Å². The van der Waals surface area contributed by atoms with Crippen LogP contribution in [0.3, 0.4) is 0 Å². The smallest absolute Gasteiger partial charge is 0.406 e. The lowest BCUT2D eigenvalue weighted by Crippen LogP contribution is -2.17. The fourth-order valence-corrected chi connectivity index (χ4v) is 1.71. The molecule has 0 amide bonds. The summed E-state index contributed by atoms with van der Waals surface area (Å²) in [6, 6.07) is 5.70. The molecule has 0 unspecified atom stereocenters. The van der Waals surface area contributed by atoms with E-state index in [1.54, 1.807) is 29.2 Å². The lowest BCUT2D eigenvalue weighted by molar-refractivity contribution is -0.274. The van der Waals surface area contributed by atoms with Crippen LogP contribution < -0.4 is 4.74 Å². The van der Waals surface area contributed by atoms with Gasteiger partial charge in [0.1, 0.15) is 5.75 Å². The van der Waals surface area contributed by atoms with Crippen molar-refractivity contribution in [2.75, 3.05) is 0 Å². The number of halogens is 4. The summed E-state index contributed by atoms with van der Waals surface area (Å²) in [7, 11) is 0. The molecule has 0 atom stereocenters. The molecule has 1 aromatic heterocycles. The van der Waals surface area contributed by atoms with Crippen molar-refractivity contribution in [2.24, 2.45) is 0 Å². The van der Waals surface area contributed by atoms with Crippen LogP contribution in [0.2, 0.25) is 0 Å². The average molecular weight is 291 g/mol. The van der Waals surface area contributed by atoms with Crippen LogP contribution in [0.15, 0.2) is 36.8 Å². The van der Waals surface area contributed by atoms with Crippen molar-refractivity contribution in [1.82, 2.24) is 9.55 Å². The Labute approximate surface area is 112 Å². The number of alkyl halides is 4. The highest BCUT2D eigenvalue weighted by atomic mass is 35.5. The molecule has 0 aliphatic carbocycles. The van der Waals surface area contributed by atoms with Gasteiger partial charge in [-0.3, -0.25) is 0 Å². The molecule has 0 fully saturated rings. The zero-order valence-corrected chi connectivity index (χ0v) is 10.4. The van der Waals surface area contributed by atoms with Crippen molar-refractivity contribution < 1.29 is 17.9 Å². The summed E-state index contributed by atoms with van der Waals surface area (Å²) in [4.78, 5) is 4.05. The van der Waals surface area contributed by atoms with Gasteiger partial charge in [-0.05, 0) is 17.7 Å². The molecule has 1 aromatic carbocycles. The molecule has 2 rings (SSSR count). The van der Waals surface area contributed by atoms with Crippen molar-refractivity contribution in [3.8, 4) is 5.75 Å². The van der Waals surface area contributed by atoms with Gasteiger partial charge >= 0.3 is 6.36 Å². The van der Waals surface area contributed by atoms with Crippen molar-refractivity contribution in [3.05, 3.63) is 48.0 Å². The Bertz CT molecular complexity index is 537. The first-order valence-electron chi connectivity index (χ1n) is 5.37. The van der Waals surface area contributed by atoms with E-state index < -0.39 is 6.36 Å². The maximum atomic E-state index is 12.0. The number of rotatable bonds is 4. The molecule has 2 aromatic rings. The van der Waals surface area contributed by atoms with Crippen molar-refractivity contribution in [3.63, 3.8) is 0 Å². The van der Waals surface area contributed by atoms with Gasteiger partial charge in [0.15, 0.2) is 0 Å². The summed E-state index contributed by atoms with van der Waals surface area (Å²) in [5, 5.41) is 0. The molecule has 0 spiro atoms. The second-order valence-electron chi connectivity index (χ2n) is 3.86. The van der Waals surface area contributed by atoms with Crippen molar-refractivity contribution in [1.29, 1.82) is 0 Å². The SMILES string of the molecule is FC(F)(F)Oc1ccc(Cn2cnc(CCl)c2)cc1. The molecular formula is C12H10ClF3N2O. The van der Waals surface area contributed by atoms with Gasteiger partial charge in [-0.2, -0.15) is 0 Å². The van der Waals surface area contributed by atoms with E-state index in [1.165, 1.54) is 12.1 Å². The second-order valence-corrected chi connectivity index (χ2v) is 4.13. The van der Waals surface area contributed by atoms with Crippen LogP contribution in [0, 0.1) is 0 Å². The average Bonchev–Trinajstić information content (AvgIpc) is 2.77. The molecule has 0 saturated heterocycles. The molecule has 3 nitrogen and oxygen atoms in total. The van der Waals surface area contributed by atoms with Gasteiger partial charge in [0.05, 0.1) is 17.9 Å². The first-order chi connectivity index (χ1) is 8.96. The van der Waals surface area contributed by atoms with E-state index in [0.717, 1.165) is 11.3 Å². The number of aromatic nitrogens is 2. The topological polar surface area (TPSA) is 27.1 Å². The highest BCUT2D eigenvalue weighted by Gasteiger charge is 2.30. The molecule has 0 aliphatic rings. The van der Waals surface area contributed by atoms with Crippen LogP contribution in [0.4, 0.5) is 13.2 Å². The molecule has 1 heterocycles. The Hall–Kier alpha value is -1.69. The molecule has 102 valence electrons. The molecular weight excluding hydrogens is 281 g/mol. The van der Waals surface area contributed by atoms with E-state index in [0.29, 0.717) is 12.4 Å². The number of nitrogens with zero attached hydrogens (tertiary/aromatic N) is 2. The number of benzene rings is 1. The minimum absolute atomic E-state index is 0.233. The highest BCUT2D eigenvalue weighted by Crippen LogP contribution is 2.22. The standard InChI is InChI=1S/C12H10ClF3N2O/c13-5-10-7-18(8-17-10)6-9-1-3-11(4-2-9)19-12(14,15)16/h1-4,7-8H,5-6H2. The normalized spacial score (nSPS) is 11.6. The van der Waals surface area contributed by atoms with Gasteiger partial charge in [0, 0.05) is 12.7 Å². The largest absolute Gasteiger partial charge is 0.573 e. The predicted molar refractivity (Wildman–Crippen MR) is 64.0 cm³/mol. The highest BCUT2D eigenvalue weighted by molar-refractivity contribution is 6.16. The zero-order valence-electron chi connectivity index (χ0n) is 9.69. The summed E-state index contributed by atoms with van der Waals surface area (Å²) >= 11 is 5.63. The fraction of sp³-hybridized carbons (Fsp3) is 0.250. The summed E-state index contributed by atoms with van der Waals surface area (Å²) in [6.45, 7) is 0.510. The molecule has 0 aliphatic heterocycles. The molecule has 7 heteroatoms. The number of hydrogen-bond donors (Lipinski definition) is 0. The second kappa shape index (κ2) is 5.52. The number of ether oxygens (including phenoxy) is 1. The van der Waals surface area contributed by atoms with Gasteiger partial charge in [-0.1, -0.05) is 12.1 Å². The van der Waals surface area contributed by atoms with Crippen LogP contribution in [-0.2, 0) is 12.4 Å². The van der Waals surface area contributed by atoms with E-state index in [9.17, 15) is 13.2 Å². The van der Waals surface area contributed by atoms with Crippen LogP contribution in [-0.4, -0.2) is 15.9 Å². The van der Waals surface area contributed by atoms with Gasteiger partial charge in [-0.25, -0.2) is 4.98 Å². The van der Waals surface area contributed by atoms with Crippen LogP contribution in [0.1, 0.15) is 11.3 Å². The lowest BCUT2D eigenvalue weighted by Gasteiger charge is -2.09. The van der Waals surface area contributed by atoms with Crippen LogP contribution in [0.5, 0.6) is 5.75 Å². The number of imidazole rings is 1. The van der Waals surface area contributed by atoms with E-state index >= 15 is 0 Å². The van der Waals surface area contributed by atoms with E-state index in [-0.39, 0.29) is 5.75 Å².